The van der Waals surface area contributed by atoms with Gasteiger partial charge >= 0.3 is 5.97 Å². The van der Waals surface area contributed by atoms with Gasteiger partial charge in [0.05, 0.1) is 11.5 Å². The maximum atomic E-state index is 13.0. The molecule has 29 heavy (non-hydrogen) atoms. The summed E-state index contributed by atoms with van der Waals surface area (Å²) in [5.41, 5.74) is 1.48. The lowest BCUT2D eigenvalue weighted by Gasteiger charge is -2.22. The molecular formula is C23H27N3O3. The van der Waals surface area contributed by atoms with E-state index in [9.17, 15) is 14.7 Å². The van der Waals surface area contributed by atoms with Crippen LogP contribution in [0.25, 0.3) is 0 Å². The molecule has 6 heteroatoms. The van der Waals surface area contributed by atoms with Crippen LogP contribution in [0.3, 0.4) is 0 Å². The summed E-state index contributed by atoms with van der Waals surface area (Å²) in [5, 5.41) is 9.66. The third kappa shape index (κ3) is 4.26. The van der Waals surface area contributed by atoms with E-state index in [-0.39, 0.29) is 18.4 Å². The number of aliphatic carboxylic acids is 1. The smallest absolute Gasteiger partial charge is 0.308 e. The van der Waals surface area contributed by atoms with Crippen LogP contribution < -0.4 is 4.90 Å². The number of benzene rings is 1. The van der Waals surface area contributed by atoms with Crippen molar-refractivity contribution in [3.63, 3.8) is 0 Å². The Bertz CT molecular complexity index is 845. The quantitative estimate of drug-likeness (QED) is 0.862. The number of carbonyl (C=O) groups excluding carboxylic acids is 1. The van der Waals surface area contributed by atoms with Crippen LogP contribution in [0, 0.1) is 5.92 Å². The summed E-state index contributed by atoms with van der Waals surface area (Å²) in [6.45, 7) is 2.65. The van der Waals surface area contributed by atoms with Crippen LogP contribution >= 0.6 is 0 Å². The second kappa shape index (κ2) is 8.64. The standard InChI is InChI=1S/C23H27N3O3/c27-22(18-10-11-21(24-14-18)25-12-6-1-2-7-13-25)26-15-19(20(16-26)23(28)29)17-8-4-3-5-9-17/h3-5,8-11,14,19-20H,1-2,6-7,12-13,15-16H2,(H,28,29)/t19-,20-/m1/s1. The van der Waals surface area contributed by atoms with Crippen molar-refractivity contribution in [3.8, 4) is 0 Å². The van der Waals surface area contributed by atoms with Crippen LogP contribution in [-0.2, 0) is 4.79 Å². The van der Waals surface area contributed by atoms with Gasteiger partial charge in [0.15, 0.2) is 0 Å². The van der Waals surface area contributed by atoms with E-state index < -0.39 is 11.9 Å². The van der Waals surface area contributed by atoms with Crippen LogP contribution in [0.2, 0.25) is 0 Å². The van der Waals surface area contributed by atoms with Crippen molar-refractivity contribution in [2.24, 2.45) is 5.92 Å². The zero-order valence-corrected chi connectivity index (χ0v) is 16.5. The molecule has 0 aliphatic carbocycles. The van der Waals surface area contributed by atoms with E-state index in [0.717, 1.165) is 24.5 Å². The van der Waals surface area contributed by atoms with Crippen LogP contribution in [0.5, 0.6) is 0 Å². The summed E-state index contributed by atoms with van der Waals surface area (Å²) >= 11 is 0. The molecule has 3 heterocycles. The number of carboxylic acids is 1. The molecular weight excluding hydrogens is 366 g/mol. The van der Waals surface area contributed by atoms with Gasteiger partial charge in [-0.1, -0.05) is 43.2 Å². The maximum absolute atomic E-state index is 13.0. The first-order valence-electron chi connectivity index (χ1n) is 10.4. The fourth-order valence-electron chi connectivity index (χ4n) is 4.44. The Morgan fingerprint density at radius 2 is 1.66 bits per heavy atom. The number of anilines is 1. The number of hydrogen-bond acceptors (Lipinski definition) is 4. The zero-order valence-electron chi connectivity index (χ0n) is 16.5. The van der Waals surface area contributed by atoms with Gasteiger partial charge in [0.1, 0.15) is 5.82 Å². The third-order valence-electron chi connectivity index (χ3n) is 6.08. The normalized spacial score (nSPS) is 22.3. The highest BCUT2D eigenvalue weighted by atomic mass is 16.4. The minimum Gasteiger partial charge on any atom is -0.481 e. The minimum absolute atomic E-state index is 0.149. The lowest BCUT2D eigenvalue weighted by atomic mass is 9.89. The van der Waals surface area contributed by atoms with Crippen LogP contribution in [0.15, 0.2) is 48.7 Å². The molecule has 2 aromatic rings. The topological polar surface area (TPSA) is 73.7 Å². The lowest BCUT2D eigenvalue weighted by molar-refractivity contribution is -0.141. The third-order valence-corrected chi connectivity index (χ3v) is 6.08. The van der Waals surface area contributed by atoms with Gasteiger partial charge in [-0.3, -0.25) is 9.59 Å². The first kappa shape index (κ1) is 19.4. The van der Waals surface area contributed by atoms with Crippen LogP contribution in [0.4, 0.5) is 5.82 Å². The zero-order chi connectivity index (χ0) is 20.2. The lowest BCUT2D eigenvalue weighted by Crippen LogP contribution is -2.30. The van der Waals surface area contributed by atoms with Crippen LogP contribution in [-0.4, -0.2) is 53.0 Å². The molecule has 0 spiro atoms. The summed E-state index contributed by atoms with van der Waals surface area (Å²) in [5.74, 6) is -0.878. The van der Waals surface area contributed by atoms with E-state index in [2.05, 4.69) is 9.88 Å². The van der Waals surface area contributed by atoms with Gasteiger partial charge in [-0.2, -0.15) is 0 Å². The molecule has 2 aliphatic rings. The van der Waals surface area contributed by atoms with E-state index in [1.165, 1.54) is 25.7 Å². The molecule has 1 N–H and O–H groups in total. The molecule has 1 aromatic heterocycles. The van der Waals surface area contributed by atoms with Crippen molar-refractivity contribution in [3.05, 3.63) is 59.8 Å². The average molecular weight is 393 g/mol. The summed E-state index contributed by atoms with van der Waals surface area (Å²) in [4.78, 5) is 33.3. The van der Waals surface area contributed by atoms with Crippen molar-refractivity contribution in [2.75, 3.05) is 31.1 Å². The number of rotatable bonds is 4. The molecule has 2 saturated heterocycles. The Morgan fingerprint density at radius 3 is 2.28 bits per heavy atom. The molecule has 0 unspecified atom stereocenters. The first-order chi connectivity index (χ1) is 14.1. The Labute approximate surface area is 171 Å². The molecule has 0 radical (unpaired) electrons. The van der Waals surface area contributed by atoms with Crippen molar-refractivity contribution < 1.29 is 14.7 Å². The highest BCUT2D eigenvalue weighted by Gasteiger charge is 2.40. The molecule has 0 saturated carbocycles. The first-order valence-corrected chi connectivity index (χ1v) is 10.4. The monoisotopic (exact) mass is 393 g/mol. The maximum Gasteiger partial charge on any atom is 0.308 e. The van der Waals surface area contributed by atoms with Gasteiger partial charge in [-0.15, -0.1) is 0 Å². The van der Waals surface area contributed by atoms with E-state index in [1.807, 2.05) is 42.5 Å². The fourth-order valence-corrected chi connectivity index (χ4v) is 4.44. The van der Waals surface area contributed by atoms with E-state index in [4.69, 9.17) is 0 Å². The van der Waals surface area contributed by atoms with Crippen LogP contribution in [0.1, 0.15) is 47.5 Å². The SMILES string of the molecule is O=C(O)[C@@H]1CN(C(=O)c2ccc(N3CCCCCC3)nc2)C[C@@H]1c1ccccc1. The number of aromatic nitrogens is 1. The van der Waals surface area contributed by atoms with Crippen molar-refractivity contribution in [2.45, 2.75) is 31.6 Å². The Kier molecular flexibility index (Phi) is 5.79. The molecule has 2 fully saturated rings. The number of carbonyl (C=O) groups is 2. The summed E-state index contributed by atoms with van der Waals surface area (Å²) < 4.78 is 0. The van der Waals surface area contributed by atoms with Gasteiger partial charge in [0.25, 0.3) is 5.91 Å². The van der Waals surface area contributed by atoms with E-state index in [1.54, 1.807) is 11.1 Å². The largest absolute Gasteiger partial charge is 0.481 e. The van der Waals surface area contributed by atoms with E-state index >= 15 is 0 Å². The van der Waals surface area contributed by atoms with Crippen molar-refractivity contribution in [1.29, 1.82) is 0 Å². The predicted molar refractivity (Wildman–Crippen MR) is 111 cm³/mol. The van der Waals surface area contributed by atoms with E-state index in [0.29, 0.717) is 12.1 Å². The molecule has 0 bridgehead atoms. The number of nitrogens with zero attached hydrogens (tertiary/aromatic N) is 3. The van der Waals surface area contributed by atoms with Gasteiger partial charge < -0.3 is 14.9 Å². The van der Waals surface area contributed by atoms with Gasteiger partial charge in [0.2, 0.25) is 0 Å². The molecule has 2 atom stereocenters. The molecule has 1 aromatic carbocycles. The predicted octanol–water partition coefficient (Wildman–Crippen LogP) is 3.40. The molecule has 152 valence electrons. The fraction of sp³-hybridized carbons (Fsp3) is 0.435. The molecule has 4 rings (SSSR count). The summed E-state index contributed by atoms with van der Waals surface area (Å²) in [7, 11) is 0. The summed E-state index contributed by atoms with van der Waals surface area (Å²) in [6.07, 6.45) is 6.50. The molecule has 1 amide bonds. The second-order valence-electron chi connectivity index (χ2n) is 7.98. The average Bonchev–Trinajstić information content (AvgIpc) is 3.03. The Morgan fingerprint density at radius 1 is 0.931 bits per heavy atom. The van der Waals surface area contributed by atoms with Gasteiger partial charge in [-0.05, 0) is 30.5 Å². The Hall–Kier alpha value is -2.89. The number of carboxylic acid groups (broad SMARTS) is 1. The van der Waals surface area contributed by atoms with Gasteiger partial charge in [-0.25, -0.2) is 4.98 Å². The number of pyridine rings is 1. The minimum atomic E-state index is -0.858. The van der Waals surface area contributed by atoms with Crippen molar-refractivity contribution >= 4 is 17.7 Å². The second-order valence-corrected chi connectivity index (χ2v) is 7.98. The number of likely N-dealkylation sites (tertiary alicyclic amines) is 1. The number of amides is 1. The Balaban J connectivity index is 1.48. The van der Waals surface area contributed by atoms with Gasteiger partial charge in [0, 0.05) is 38.3 Å². The highest BCUT2D eigenvalue weighted by molar-refractivity contribution is 5.95. The van der Waals surface area contributed by atoms with Crippen molar-refractivity contribution in [1.82, 2.24) is 9.88 Å². The molecule has 2 aliphatic heterocycles. The number of hydrogen-bond donors (Lipinski definition) is 1. The highest BCUT2D eigenvalue weighted by Crippen LogP contribution is 2.33. The summed E-state index contributed by atoms with van der Waals surface area (Å²) in [6, 6.07) is 13.3. The molecule has 6 nitrogen and oxygen atoms in total.